The van der Waals surface area contributed by atoms with Gasteiger partial charge in [0.25, 0.3) is 5.89 Å². The number of nitrogens with two attached hydrogens (primary N) is 1. The van der Waals surface area contributed by atoms with Crippen molar-refractivity contribution in [2.45, 2.75) is 12.3 Å². The second-order valence-corrected chi connectivity index (χ2v) is 4.81. The summed E-state index contributed by atoms with van der Waals surface area (Å²) in [7, 11) is 3.12. The SMILES string of the molecule is COc1cc(N)c(-c2nc(C3CCOC3)no2)cc1OC. The summed E-state index contributed by atoms with van der Waals surface area (Å²) >= 11 is 0. The van der Waals surface area contributed by atoms with Crippen LogP contribution in [-0.4, -0.2) is 37.6 Å². The number of benzene rings is 1. The van der Waals surface area contributed by atoms with Crippen molar-refractivity contribution < 1.29 is 18.7 Å². The number of nitrogens with zero attached hydrogens (tertiary/aromatic N) is 2. The highest BCUT2D eigenvalue weighted by Crippen LogP contribution is 2.37. The van der Waals surface area contributed by atoms with Gasteiger partial charge in [0.05, 0.1) is 26.4 Å². The van der Waals surface area contributed by atoms with E-state index in [0.29, 0.717) is 41.1 Å². The van der Waals surface area contributed by atoms with Gasteiger partial charge < -0.3 is 24.5 Å². The number of anilines is 1. The van der Waals surface area contributed by atoms with Gasteiger partial charge in [-0.25, -0.2) is 0 Å². The van der Waals surface area contributed by atoms with Crippen LogP contribution in [0.25, 0.3) is 11.5 Å². The summed E-state index contributed by atoms with van der Waals surface area (Å²) in [4.78, 5) is 4.42. The quantitative estimate of drug-likeness (QED) is 0.859. The molecule has 1 atom stereocenters. The fourth-order valence-corrected chi connectivity index (χ4v) is 2.33. The van der Waals surface area contributed by atoms with Crippen LogP contribution in [0.2, 0.25) is 0 Å². The normalized spacial score (nSPS) is 17.9. The molecule has 21 heavy (non-hydrogen) atoms. The van der Waals surface area contributed by atoms with Crippen molar-refractivity contribution in [3.05, 3.63) is 18.0 Å². The molecule has 0 aliphatic carbocycles. The van der Waals surface area contributed by atoms with Crippen LogP contribution in [0.4, 0.5) is 5.69 Å². The van der Waals surface area contributed by atoms with Gasteiger partial charge in [-0.15, -0.1) is 0 Å². The Morgan fingerprint density at radius 1 is 1.24 bits per heavy atom. The van der Waals surface area contributed by atoms with Gasteiger partial charge in [0.1, 0.15) is 0 Å². The summed E-state index contributed by atoms with van der Waals surface area (Å²) in [5.74, 6) is 2.32. The molecule has 1 aliphatic rings. The minimum absolute atomic E-state index is 0.184. The molecule has 112 valence electrons. The maximum absolute atomic E-state index is 6.03. The van der Waals surface area contributed by atoms with Gasteiger partial charge in [0.2, 0.25) is 0 Å². The molecular formula is C14H17N3O4. The number of rotatable bonds is 4. The first-order valence-electron chi connectivity index (χ1n) is 6.66. The van der Waals surface area contributed by atoms with Crippen molar-refractivity contribution in [2.24, 2.45) is 0 Å². The summed E-state index contributed by atoms with van der Waals surface area (Å²) in [6.45, 7) is 1.35. The van der Waals surface area contributed by atoms with Crippen molar-refractivity contribution in [3.8, 4) is 23.0 Å². The van der Waals surface area contributed by atoms with Crippen molar-refractivity contribution in [1.82, 2.24) is 10.1 Å². The standard InChI is InChI=1S/C14H17N3O4/c1-18-11-5-9(10(15)6-12(11)19-2)14-16-13(17-21-14)8-3-4-20-7-8/h5-6,8H,3-4,7,15H2,1-2H3. The molecular weight excluding hydrogens is 274 g/mol. The zero-order valence-electron chi connectivity index (χ0n) is 12.0. The van der Waals surface area contributed by atoms with Crippen molar-refractivity contribution >= 4 is 5.69 Å². The largest absolute Gasteiger partial charge is 0.493 e. The van der Waals surface area contributed by atoms with Crippen LogP contribution < -0.4 is 15.2 Å². The molecule has 1 aliphatic heterocycles. The Labute approximate surface area is 122 Å². The second kappa shape index (κ2) is 5.61. The van der Waals surface area contributed by atoms with Crippen molar-refractivity contribution in [2.75, 3.05) is 33.2 Å². The van der Waals surface area contributed by atoms with E-state index in [1.807, 2.05) is 0 Å². The van der Waals surface area contributed by atoms with Gasteiger partial charge in [0.15, 0.2) is 17.3 Å². The number of nitrogen functional groups attached to an aromatic ring is 1. The lowest BCUT2D eigenvalue weighted by Gasteiger charge is -2.10. The molecule has 0 amide bonds. The number of ether oxygens (including phenoxy) is 3. The second-order valence-electron chi connectivity index (χ2n) is 4.81. The molecule has 0 saturated carbocycles. The first kappa shape index (κ1) is 13.7. The molecule has 2 aromatic rings. The van der Waals surface area contributed by atoms with Crippen LogP contribution in [0.3, 0.4) is 0 Å². The molecule has 2 N–H and O–H groups in total. The Morgan fingerprint density at radius 2 is 2.00 bits per heavy atom. The molecule has 1 aromatic carbocycles. The summed E-state index contributed by atoms with van der Waals surface area (Å²) in [6, 6.07) is 3.41. The molecule has 2 heterocycles. The number of methoxy groups -OCH3 is 2. The molecule has 0 radical (unpaired) electrons. The fraction of sp³-hybridized carbons (Fsp3) is 0.429. The van der Waals surface area contributed by atoms with Crippen molar-refractivity contribution in [3.63, 3.8) is 0 Å². The van der Waals surface area contributed by atoms with Crippen LogP contribution >= 0.6 is 0 Å². The average Bonchev–Trinajstić information content (AvgIpc) is 3.17. The van der Waals surface area contributed by atoms with E-state index >= 15 is 0 Å². The van der Waals surface area contributed by atoms with E-state index in [4.69, 9.17) is 24.5 Å². The molecule has 1 fully saturated rings. The van der Waals surface area contributed by atoms with E-state index in [1.54, 1.807) is 26.4 Å². The lowest BCUT2D eigenvalue weighted by Crippen LogP contribution is -2.00. The molecule has 1 aromatic heterocycles. The number of hydrogen-bond acceptors (Lipinski definition) is 7. The van der Waals surface area contributed by atoms with Crippen LogP contribution in [0.1, 0.15) is 18.2 Å². The Kier molecular flexibility index (Phi) is 3.66. The summed E-state index contributed by atoms with van der Waals surface area (Å²) in [6.07, 6.45) is 0.903. The van der Waals surface area contributed by atoms with Crippen LogP contribution in [0.5, 0.6) is 11.5 Å². The maximum atomic E-state index is 6.03. The maximum Gasteiger partial charge on any atom is 0.260 e. The predicted molar refractivity (Wildman–Crippen MR) is 75.4 cm³/mol. The third kappa shape index (κ3) is 2.52. The van der Waals surface area contributed by atoms with E-state index in [1.165, 1.54) is 0 Å². The van der Waals surface area contributed by atoms with Crippen LogP contribution in [-0.2, 0) is 4.74 Å². The highest BCUT2D eigenvalue weighted by molar-refractivity contribution is 5.75. The molecule has 1 unspecified atom stereocenters. The molecule has 7 nitrogen and oxygen atoms in total. The Balaban J connectivity index is 1.96. The predicted octanol–water partition coefficient (Wildman–Crippen LogP) is 1.84. The smallest absolute Gasteiger partial charge is 0.260 e. The minimum Gasteiger partial charge on any atom is -0.493 e. The highest BCUT2D eigenvalue weighted by atomic mass is 16.5. The van der Waals surface area contributed by atoms with Gasteiger partial charge in [0, 0.05) is 24.3 Å². The topological polar surface area (TPSA) is 92.6 Å². The van der Waals surface area contributed by atoms with Crippen LogP contribution in [0.15, 0.2) is 16.7 Å². The lowest BCUT2D eigenvalue weighted by molar-refractivity contribution is 0.192. The summed E-state index contributed by atoms with van der Waals surface area (Å²) in [5.41, 5.74) is 7.15. The van der Waals surface area contributed by atoms with Gasteiger partial charge in [-0.3, -0.25) is 0 Å². The third-order valence-corrected chi connectivity index (χ3v) is 3.52. The molecule has 0 bridgehead atoms. The van der Waals surface area contributed by atoms with E-state index < -0.39 is 0 Å². The lowest BCUT2D eigenvalue weighted by atomic mass is 10.1. The number of aromatic nitrogens is 2. The van der Waals surface area contributed by atoms with Gasteiger partial charge in [-0.05, 0) is 12.5 Å². The third-order valence-electron chi connectivity index (χ3n) is 3.52. The monoisotopic (exact) mass is 291 g/mol. The van der Waals surface area contributed by atoms with Gasteiger partial charge >= 0.3 is 0 Å². The first-order chi connectivity index (χ1) is 10.2. The van der Waals surface area contributed by atoms with Crippen molar-refractivity contribution in [1.29, 1.82) is 0 Å². The molecule has 3 rings (SSSR count). The Bertz CT molecular complexity index is 635. The number of hydrogen-bond donors (Lipinski definition) is 1. The average molecular weight is 291 g/mol. The van der Waals surface area contributed by atoms with Gasteiger partial charge in [-0.2, -0.15) is 4.98 Å². The van der Waals surface area contributed by atoms with Gasteiger partial charge in [-0.1, -0.05) is 5.16 Å². The van der Waals surface area contributed by atoms with E-state index in [0.717, 1.165) is 13.0 Å². The molecule has 0 spiro atoms. The molecule has 7 heteroatoms. The first-order valence-corrected chi connectivity index (χ1v) is 6.66. The van der Waals surface area contributed by atoms with E-state index in [2.05, 4.69) is 10.1 Å². The summed E-state index contributed by atoms with van der Waals surface area (Å²) < 4.78 is 21.1. The Hall–Kier alpha value is -2.28. The fourth-order valence-electron chi connectivity index (χ4n) is 2.33. The molecule has 1 saturated heterocycles. The summed E-state index contributed by atoms with van der Waals surface area (Å²) in [5, 5.41) is 4.02. The van der Waals surface area contributed by atoms with E-state index in [-0.39, 0.29) is 5.92 Å². The van der Waals surface area contributed by atoms with Crippen LogP contribution in [0, 0.1) is 0 Å². The minimum atomic E-state index is 0.184. The zero-order valence-corrected chi connectivity index (χ0v) is 12.0. The Morgan fingerprint density at radius 3 is 2.67 bits per heavy atom. The highest BCUT2D eigenvalue weighted by Gasteiger charge is 2.24. The zero-order chi connectivity index (χ0) is 14.8. The van der Waals surface area contributed by atoms with E-state index in [9.17, 15) is 0 Å².